The van der Waals surface area contributed by atoms with Crippen molar-refractivity contribution in [2.24, 2.45) is 4.99 Å². The highest BCUT2D eigenvalue weighted by Crippen LogP contribution is 2.06. The van der Waals surface area contributed by atoms with E-state index < -0.39 is 0 Å². The van der Waals surface area contributed by atoms with Crippen LogP contribution in [-0.2, 0) is 13.1 Å². The predicted octanol–water partition coefficient (Wildman–Crippen LogP) is 2.51. The predicted molar refractivity (Wildman–Crippen MR) is 106 cm³/mol. The molecule has 1 heterocycles. The lowest BCUT2D eigenvalue weighted by atomic mass is 10.1. The molecule has 0 spiro atoms. The molecule has 1 aromatic carbocycles. The van der Waals surface area contributed by atoms with Crippen molar-refractivity contribution >= 4 is 35.8 Å². The Bertz CT molecular complexity index is 639. The molecule has 1 aromatic heterocycles. The molecule has 0 saturated heterocycles. The van der Waals surface area contributed by atoms with Gasteiger partial charge in [-0.15, -0.1) is 24.0 Å². The number of carbonyl (C=O) groups excluding carboxylic acids is 1. The van der Waals surface area contributed by atoms with Gasteiger partial charge in [0.05, 0.1) is 19.4 Å². The molecular formula is C17H23IN4O2. The van der Waals surface area contributed by atoms with Crippen molar-refractivity contribution < 1.29 is 9.21 Å². The Morgan fingerprint density at radius 1 is 1.17 bits per heavy atom. The number of halogens is 1. The van der Waals surface area contributed by atoms with Gasteiger partial charge in [-0.1, -0.05) is 12.1 Å². The van der Waals surface area contributed by atoms with E-state index in [-0.39, 0.29) is 29.9 Å². The highest BCUT2D eigenvalue weighted by Gasteiger charge is 2.03. The summed E-state index contributed by atoms with van der Waals surface area (Å²) in [7, 11) is 1.62. The third-order valence-electron chi connectivity index (χ3n) is 3.22. The first-order valence-corrected chi connectivity index (χ1v) is 7.58. The molecule has 0 aliphatic heterocycles. The molecule has 0 aliphatic rings. The van der Waals surface area contributed by atoms with Crippen molar-refractivity contribution in [3.8, 4) is 0 Å². The Morgan fingerprint density at radius 3 is 2.50 bits per heavy atom. The fourth-order valence-corrected chi connectivity index (χ4v) is 2.00. The number of aliphatic imine (C=N–C) groups is 1. The maximum atomic E-state index is 11.5. The van der Waals surface area contributed by atoms with Crippen LogP contribution in [0.1, 0.15) is 28.6 Å². The first-order chi connectivity index (χ1) is 11.2. The van der Waals surface area contributed by atoms with Crippen LogP contribution < -0.4 is 16.0 Å². The first kappa shape index (κ1) is 20.0. The summed E-state index contributed by atoms with van der Waals surface area (Å²) in [5.41, 5.74) is 1.68. The van der Waals surface area contributed by atoms with Crippen molar-refractivity contribution in [3.63, 3.8) is 0 Å². The fraction of sp³-hybridized carbons (Fsp3) is 0.294. The van der Waals surface area contributed by atoms with E-state index in [2.05, 4.69) is 20.9 Å². The molecule has 6 nitrogen and oxygen atoms in total. The Morgan fingerprint density at radius 2 is 1.92 bits per heavy atom. The van der Waals surface area contributed by atoms with E-state index in [0.717, 1.165) is 23.8 Å². The van der Waals surface area contributed by atoms with Crippen LogP contribution in [-0.4, -0.2) is 25.5 Å². The summed E-state index contributed by atoms with van der Waals surface area (Å²) in [4.78, 5) is 16.0. The SMILES string of the molecule is CCNC(=NCc1ccc(C(=O)NC)cc1)NCc1ccco1.I. The summed E-state index contributed by atoms with van der Waals surface area (Å²) in [6, 6.07) is 11.2. The summed E-state index contributed by atoms with van der Waals surface area (Å²) < 4.78 is 5.29. The van der Waals surface area contributed by atoms with E-state index in [4.69, 9.17) is 4.42 Å². The minimum Gasteiger partial charge on any atom is -0.467 e. The first-order valence-electron chi connectivity index (χ1n) is 7.58. The fourth-order valence-electron chi connectivity index (χ4n) is 2.00. The van der Waals surface area contributed by atoms with Gasteiger partial charge in [-0.2, -0.15) is 0 Å². The third kappa shape index (κ3) is 6.23. The molecule has 0 bridgehead atoms. The van der Waals surface area contributed by atoms with Crippen LogP contribution >= 0.6 is 24.0 Å². The maximum absolute atomic E-state index is 11.5. The monoisotopic (exact) mass is 442 g/mol. The van der Waals surface area contributed by atoms with Gasteiger partial charge in [0.2, 0.25) is 0 Å². The van der Waals surface area contributed by atoms with Crippen molar-refractivity contribution in [3.05, 3.63) is 59.5 Å². The Kier molecular flexibility index (Phi) is 8.92. The number of hydrogen-bond acceptors (Lipinski definition) is 3. The molecule has 7 heteroatoms. The topological polar surface area (TPSA) is 78.7 Å². The Labute approximate surface area is 159 Å². The number of benzene rings is 1. The summed E-state index contributed by atoms with van der Waals surface area (Å²) >= 11 is 0. The van der Waals surface area contributed by atoms with Gasteiger partial charge in [0.15, 0.2) is 5.96 Å². The average molecular weight is 442 g/mol. The molecule has 0 radical (unpaired) electrons. The molecule has 2 rings (SSSR count). The van der Waals surface area contributed by atoms with Crippen LogP contribution in [0.4, 0.5) is 0 Å². The van der Waals surface area contributed by atoms with Gasteiger partial charge >= 0.3 is 0 Å². The van der Waals surface area contributed by atoms with Crippen LogP contribution in [0, 0.1) is 0 Å². The summed E-state index contributed by atoms with van der Waals surface area (Å²) in [5, 5.41) is 9.00. The molecule has 0 unspecified atom stereocenters. The summed E-state index contributed by atoms with van der Waals surface area (Å²) in [6.45, 7) is 3.90. The van der Waals surface area contributed by atoms with Crippen LogP contribution in [0.25, 0.3) is 0 Å². The van der Waals surface area contributed by atoms with Crippen LogP contribution in [0.2, 0.25) is 0 Å². The second-order valence-corrected chi connectivity index (χ2v) is 4.90. The largest absolute Gasteiger partial charge is 0.467 e. The van der Waals surface area contributed by atoms with Gasteiger partial charge in [0, 0.05) is 19.2 Å². The summed E-state index contributed by atoms with van der Waals surface area (Å²) in [5.74, 6) is 1.48. The molecule has 2 aromatic rings. The number of furan rings is 1. The number of rotatable bonds is 6. The standard InChI is InChI=1S/C17H22N4O2.HI/c1-3-19-17(21-12-15-5-4-10-23-15)20-11-13-6-8-14(9-7-13)16(22)18-2;/h4-10H,3,11-12H2,1-2H3,(H,18,22)(H2,19,20,21);1H. The average Bonchev–Trinajstić information content (AvgIpc) is 3.10. The van der Waals surface area contributed by atoms with Crippen molar-refractivity contribution in [2.45, 2.75) is 20.0 Å². The molecule has 0 fully saturated rings. The quantitative estimate of drug-likeness (QED) is 0.365. The zero-order valence-electron chi connectivity index (χ0n) is 13.8. The molecule has 130 valence electrons. The lowest BCUT2D eigenvalue weighted by Crippen LogP contribution is -2.36. The maximum Gasteiger partial charge on any atom is 0.251 e. The number of carbonyl (C=O) groups is 1. The molecule has 3 N–H and O–H groups in total. The number of hydrogen-bond donors (Lipinski definition) is 3. The highest BCUT2D eigenvalue weighted by atomic mass is 127. The number of nitrogens with zero attached hydrogens (tertiary/aromatic N) is 1. The van der Waals surface area contributed by atoms with Crippen molar-refractivity contribution in [1.82, 2.24) is 16.0 Å². The smallest absolute Gasteiger partial charge is 0.251 e. The Balaban J connectivity index is 0.00000288. The molecule has 24 heavy (non-hydrogen) atoms. The zero-order valence-corrected chi connectivity index (χ0v) is 16.2. The van der Waals surface area contributed by atoms with E-state index in [9.17, 15) is 4.79 Å². The van der Waals surface area contributed by atoms with Gasteiger partial charge in [-0.05, 0) is 36.8 Å². The molecule has 0 aliphatic carbocycles. The van der Waals surface area contributed by atoms with Crippen LogP contribution in [0.15, 0.2) is 52.1 Å². The van der Waals surface area contributed by atoms with Crippen molar-refractivity contribution in [1.29, 1.82) is 0 Å². The lowest BCUT2D eigenvalue weighted by Gasteiger charge is -2.10. The van der Waals surface area contributed by atoms with E-state index >= 15 is 0 Å². The van der Waals surface area contributed by atoms with E-state index in [0.29, 0.717) is 18.7 Å². The van der Waals surface area contributed by atoms with Crippen LogP contribution in [0.5, 0.6) is 0 Å². The highest BCUT2D eigenvalue weighted by molar-refractivity contribution is 14.0. The Hall–Kier alpha value is -2.03. The summed E-state index contributed by atoms with van der Waals surface area (Å²) in [6.07, 6.45) is 1.65. The molecule has 0 atom stereocenters. The zero-order chi connectivity index (χ0) is 16.5. The van der Waals surface area contributed by atoms with Gasteiger partial charge < -0.3 is 20.4 Å². The number of nitrogens with one attached hydrogen (secondary N) is 3. The lowest BCUT2D eigenvalue weighted by molar-refractivity contribution is 0.0963. The second kappa shape index (κ2) is 10.7. The number of amides is 1. The van der Waals surface area contributed by atoms with E-state index in [1.807, 2.05) is 31.2 Å². The third-order valence-corrected chi connectivity index (χ3v) is 3.22. The molecule has 0 saturated carbocycles. The minimum absolute atomic E-state index is 0. The van der Waals surface area contributed by atoms with E-state index in [1.165, 1.54) is 0 Å². The molecular weight excluding hydrogens is 419 g/mol. The van der Waals surface area contributed by atoms with Crippen molar-refractivity contribution in [2.75, 3.05) is 13.6 Å². The van der Waals surface area contributed by atoms with Gasteiger partial charge in [0.1, 0.15) is 5.76 Å². The van der Waals surface area contributed by atoms with Crippen LogP contribution in [0.3, 0.4) is 0 Å². The number of guanidine groups is 1. The van der Waals surface area contributed by atoms with Gasteiger partial charge in [0.25, 0.3) is 5.91 Å². The second-order valence-electron chi connectivity index (χ2n) is 4.90. The van der Waals surface area contributed by atoms with Gasteiger partial charge in [-0.3, -0.25) is 4.79 Å². The van der Waals surface area contributed by atoms with Gasteiger partial charge in [-0.25, -0.2) is 4.99 Å². The van der Waals surface area contributed by atoms with E-state index in [1.54, 1.807) is 25.4 Å². The normalized spacial score (nSPS) is 10.7. The molecule has 1 amide bonds. The minimum atomic E-state index is -0.0893.